The summed E-state index contributed by atoms with van der Waals surface area (Å²) in [6.07, 6.45) is -0.268. The topological polar surface area (TPSA) is 29.5 Å². The summed E-state index contributed by atoms with van der Waals surface area (Å²) in [5, 5.41) is 8.31. The lowest BCUT2D eigenvalue weighted by molar-refractivity contribution is -0.0123. The van der Waals surface area contributed by atoms with Gasteiger partial charge in [0, 0.05) is 0 Å². The van der Waals surface area contributed by atoms with Gasteiger partial charge in [-0.3, -0.25) is 0 Å². The van der Waals surface area contributed by atoms with Gasteiger partial charge in [-0.15, -0.1) is 0 Å². The first-order chi connectivity index (χ1) is 2.81. The second-order valence-electron chi connectivity index (χ2n) is 0.952. The first kappa shape index (κ1) is 6.21. The Morgan fingerprint density at radius 1 is 2.00 bits per heavy atom. The van der Waals surface area contributed by atoms with E-state index in [0.29, 0.717) is 6.42 Å². The molecular weight excluding hydrogens is 103 g/mol. The molecule has 0 spiro atoms. The molecule has 6 heavy (non-hydrogen) atoms. The highest BCUT2D eigenvalue weighted by molar-refractivity contribution is 6.07. The average molecular weight is 111 g/mol. The summed E-state index contributed by atoms with van der Waals surface area (Å²) in [7, 11) is 0. The minimum Gasteiger partial charge on any atom is -0.367 e. The third-order valence-corrected chi connectivity index (χ3v) is 0.658. The molecule has 0 aliphatic carbocycles. The van der Waals surface area contributed by atoms with Gasteiger partial charge in [0.1, 0.15) is 0 Å². The Morgan fingerprint density at radius 3 is 2.50 bits per heavy atom. The van der Waals surface area contributed by atoms with Crippen molar-refractivity contribution in [1.29, 1.82) is 0 Å². The maximum absolute atomic E-state index is 8.31. The van der Waals surface area contributed by atoms with Crippen LogP contribution in [-0.2, 0) is 4.29 Å². The number of hydrogen-bond acceptors (Lipinski definition) is 2. The molecule has 0 amide bonds. The number of aliphatic hydroxyl groups is 1. The van der Waals surface area contributed by atoms with Gasteiger partial charge in [0.2, 0.25) is 0 Å². The number of halogens is 1. The van der Waals surface area contributed by atoms with Crippen LogP contribution in [0.4, 0.5) is 0 Å². The number of hydrogen-bond donors (Lipinski definition) is 1. The van der Waals surface area contributed by atoms with E-state index in [-0.39, 0.29) is 0 Å². The maximum atomic E-state index is 8.31. The van der Waals surface area contributed by atoms with Crippen LogP contribution in [0.5, 0.6) is 0 Å². The molecule has 0 aliphatic heterocycles. The lowest BCUT2D eigenvalue weighted by atomic mass is 10.5. The van der Waals surface area contributed by atoms with E-state index in [1.54, 1.807) is 6.92 Å². The van der Waals surface area contributed by atoms with Crippen LogP contribution >= 0.6 is 11.9 Å². The molecule has 0 aliphatic rings. The fourth-order valence-electron chi connectivity index (χ4n) is 0.0630. The predicted octanol–water partition coefficient (Wildman–Crippen LogP) is 0.885. The van der Waals surface area contributed by atoms with Crippen molar-refractivity contribution in [2.75, 3.05) is 0 Å². The molecule has 0 saturated carbocycles. The Hall–Kier alpha value is 0.210. The highest BCUT2D eigenvalue weighted by atomic mass is 35.5. The molecule has 1 N–H and O–H groups in total. The van der Waals surface area contributed by atoms with Crippen molar-refractivity contribution in [2.24, 2.45) is 0 Å². The molecule has 0 bridgehead atoms. The van der Waals surface area contributed by atoms with E-state index in [4.69, 9.17) is 17.0 Å². The van der Waals surface area contributed by atoms with Crippen LogP contribution in [0.3, 0.4) is 0 Å². The van der Waals surface area contributed by atoms with Crippen LogP contribution in [0.2, 0.25) is 0 Å². The molecule has 0 radical (unpaired) electrons. The Kier molecular flexibility index (Phi) is 3.52. The molecule has 0 aromatic rings. The summed E-state index contributed by atoms with van der Waals surface area (Å²) in [6.45, 7) is 1.77. The Labute approximate surface area is 41.9 Å². The number of aliphatic hydroxyl groups excluding tert-OH is 1. The molecule has 1 atom stereocenters. The molecule has 1 unspecified atom stereocenters. The van der Waals surface area contributed by atoms with E-state index >= 15 is 0 Å². The molecule has 38 valence electrons. The fourth-order valence-corrected chi connectivity index (χ4v) is 0.189. The Morgan fingerprint density at radius 2 is 2.50 bits per heavy atom. The minimum atomic E-state index is -0.799. The van der Waals surface area contributed by atoms with Gasteiger partial charge in [0.15, 0.2) is 6.29 Å². The molecular formula is C3H7ClO2. The second kappa shape index (κ2) is 3.40. The van der Waals surface area contributed by atoms with Crippen LogP contribution in [0.25, 0.3) is 0 Å². The monoisotopic (exact) mass is 110 g/mol. The van der Waals surface area contributed by atoms with Gasteiger partial charge in [0.25, 0.3) is 0 Å². The van der Waals surface area contributed by atoms with Crippen molar-refractivity contribution in [3.8, 4) is 0 Å². The van der Waals surface area contributed by atoms with Crippen molar-refractivity contribution < 1.29 is 9.40 Å². The van der Waals surface area contributed by atoms with Crippen molar-refractivity contribution in [3.63, 3.8) is 0 Å². The van der Waals surface area contributed by atoms with Crippen LogP contribution in [0, 0.1) is 0 Å². The van der Waals surface area contributed by atoms with Crippen molar-refractivity contribution >= 4 is 11.9 Å². The van der Waals surface area contributed by atoms with E-state index in [2.05, 4.69) is 4.29 Å². The summed E-state index contributed by atoms with van der Waals surface area (Å²) < 4.78 is 3.93. The van der Waals surface area contributed by atoms with Gasteiger partial charge in [-0.1, -0.05) is 6.92 Å². The summed E-state index contributed by atoms with van der Waals surface area (Å²) in [5.74, 6) is 0. The second-order valence-corrected chi connectivity index (χ2v) is 1.13. The van der Waals surface area contributed by atoms with E-state index in [1.807, 2.05) is 0 Å². The lowest BCUT2D eigenvalue weighted by Gasteiger charge is -1.96. The highest BCUT2D eigenvalue weighted by Crippen LogP contribution is 1.92. The van der Waals surface area contributed by atoms with Crippen molar-refractivity contribution in [3.05, 3.63) is 0 Å². The average Bonchev–Trinajstić information content (AvgIpc) is 1.65. The Bertz CT molecular complexity index is 28.0. The highest BCUT2D eigenvalue weighted by Gasteiger charge is 1.93. The van der Waals surface area contributed by atoms with Gasteiger partial charge in [-0.25, -0.2) is 4.29 Å². The molecule has 0 fully saturated rings. The third kappa shape index (κ3) is 2.45. The van der Waals surface area contributed by atoms with Gasteiger partial charge in [0.05, 0.1) is 11.9 Å². The number of rotatable bonds is 2. The van der Waals surface area contributed by atoms with E-state index in [1.165, 1.54) is 0 Å². The normalized spacial score (nSPS) is 14.5. The zero-order valence-corrected chi connectivity index (χ0v) is 4.27. The molecule has 0 rings (SSSR count). The van der Waals surface area contributed by atoms with Crippen LogP contribution in [-0.4, -0.2) is 11.4 Å². The summed E-state index contributed by atoms with van der Waals surface area (Å²) in [6, 6.07) is 0. The SMILES string of the molecule is CCC(O)OCl. The first-order valence-corrected chi connectivity index (χ1v) is 2.07. The van der Waals surface area contributed by atoms with Gasteiger partial charge in [-0.2, -0.15) is 0 Å². The molecule has 0 aromatic heterocycles. The van der Waals surface area contributed by atoms with Crippen molar-refractivity contribution in [2.45, 2.75) is 19.6 Å². The third-order valence-electron chi connectivity index (χ3n) is 0.452. The maximum Gasteiger partial charge on any atom is 0.174 e. The van der Waals surface area contributed by atoms with E-state index in [9.17, 15) is 0 Å². The van der Waals surface area contributed by atoms with Crippen molar-refractivity contribution in [1.82, 2.24) is 0 Å². The standard InChI is InChI=1S/C3H7ClO2/c1-2-3(5)6-4/h3,5H,2H2,1H3. The molecule has 0 heterocycles. The van der Waals surface area contributed by atoms with Crippen LogP contribution in [0.1, 0.15) is 13.3 Å². The van der Waals surface area contributed by atoms with E-state index in [0.717, 1.165) is 0 Å². The molecule has 0 aromatic carbocycles. The summed E-state index contributed by atoms with van der Waals surface area (Å²) in [5.41, 5.74) is 0. The molecule has 0 saturated heterocycles. The molecule has 3 heteroatoms. The predicted molar refractivity (Wildman–Crippen MR) is 23.2 cm³/mol. The van der Waals surface area contributed by atoms with Gasteiger partial charge < -0.3 is 5.11 Å². The Balaban J connectivity index is 2.75. The zero-order chi connectivity index (χ0) is 4.99. The fraction of sp³-hybridized carbons (Fsp3) is 1.00. The van der Waals surface area contributed by atoms with Gasteiger partial charge in [-0.05, 0) is 6.42 Å². The molecule has 2 nitrogen and oxygen atoms in total. The van der Waals surface area contributed by atoms with Crippen LogP contribution in [0.15, 0.2) is 0 Å². The smallest absolute Gasteiger partial charge is 0.174 e. The van der Waals surface area contributed by atoms with Gasteiger partial charge >= 0.3 is 0 Å². The zero-order valence-electron chi connectivity index (χ0n) is 3.52. The first-order valence-electron chi connectivity index (χ1n) is 1.76. The lowest BCUT2D eigenvalue weighted by Crippen LogP contribution is -2.01. The van der Waals surface area contributed by atoms with Crippen LogP contribution < -0.4 is 0 Å². The quantitative estimate of drug-likeness (QED) is 0.535. The summed E-state index contributed by atoms with van der Waals surface area (Å²) >= 11 is 4.70. The van der Waals surface area contributed by atoms with E-state index < -0.39 is 6.29 Å². The largest absolute Gasteiger partial charge is 0.367 e. The summed E-state index contributed by atoms with van der Waals surface area (Å²) in [4.78, 5) is 0. The minimum absolute atomic E-state index is 0.531.